The largest absolute Gasteiger partial charge is 0.383 e. The van der Waals surface area contributed by atoms with E-state index < -0.39 is 11.2 Å². The van der Waals surface area contributed by atoms with Crippen LogP contribution in [0.15, 0.2) is 39.9 Å². The summed E-state index contributed by atoms with van der Waals surface area (Å²) in [4.78, 5) is 41.8. The van der Waals surface area contributed by atoms with Gasteiger partial charge < -0.3 is 16.0 Å². The zero-order valence-corrected chi connectivity index (χ0v) is 19.0. The van der Waals surface area contributed by atoms with Crippen LogP contribution in [0, 0.1) is 5.92 Å². The van der Waals surface area contributed by atoms with Crippen LogP contribution in [0.4, 0.5) is 11.5 Å². The average Bonchev–Trinajstić information content (AvgIpc) is 2.72. The van der Waals surface area contributed by atoms with Gasteiger partial charge in [0.05, 0.1) is 12.6 Å². The summed E-state index contributed by atoms with van der Waals surface area (Å²) in [6.45, 7) is 8.93. The Kier molecular flexibility index (Phi) is 8.90. The van der Waals surface area contributed by atoms with E-state index in [2.05, 4.69) is 10.3 Å². The van der Waals surface area contributed by atoms with Gasteiger partial charge in [0.1, 0.15) is 11.5 Å². The van der Waals surface area contributed by atoms with E-state index >= 15 is 0 Å². The molecule has 0 bridgehead atoms. The van der Waals surface area contributed by atoms with Crippen LogP contribution in [0.2, 0.25) is 0 Å². The zero-order valence-electron chi connectivity index (χ0n) is 19.0. The van der Waals surface area contributed by atoms with E-state index in [9.17, 15) is 14.4 Å². The zero-order chi connectivity index (χ0) is 23.0. The van der Waals surface area contributed by atoms with Crippen LogP contribution in [0.5, 0.6) is 0 Å². The fraction of sp³-hybridized carbons (Fsp3) is 0.522. The third-order valence-corrected chi connectivity index (χ3v) is 5.24. The summed E-state index contributed by atoms with van der Waals surface area (Å²) in [6, 6.07) is 9.66. The number of nitrogens with two attached hydrogens (primary N) is 1. The highest BCUT2D eigenvalue weighted by Crippen LogP contribution is 2.22. The predicted octanol–water partition coefficient (Wildman–Crippen LogP) is 2.65. The van der Waals surface area contributed by atoms with Crippen molar-refractivity contribution in [2.45, 2.75) is 59.5 Å². The minimum Gasteiger partial charge on any atom is -0.383 e. The minimum absolute atomic E-state index is 0.0246. The van der Waals surface area contributed by atoms with Gasteiger partial charge in [0.2, 0.25) is 5.91 Å². The van der Waals surface area contributed by atoms with Gasteiger partial charge in [-0.2, -0.15) is 0 Å². The molecule has 0 radical (unpaired) electrons. The molecule has 1 amide bonds. The maximum atomic E-state index is 13.0. The molecule has 8 nitrogen and oxygen atoms in total. The van der Waals surface area contributed by atoms with Gasteiger partial charge in [-0.15, -0.1) is 0 Å². The smallest absolute Gasteiger partial charge is 0.330 e. The molecule has 1 heterocycles. The number of aromatic nitrogens is 2. The summed E-state index contributed by atoms with van der Waals surface area (Å²) in [5, 5.41) is 3.09. The molecule has 0 aliphatic heterocycles. The van der Waals surface area contributed by atoms with Crippen molar-refractivity contribution < 1.29 is 4.79 Å². The molecule has 2 aromatic rings. The van der Waals surface area contributed by atoms with Gasteiger partial charge in [0, 0.05) is 13.1 Å². The van der Waals surface area contributed by atoms with Gasteiger partial charge in [0.15, 0.2) is 0 Å². The van der Waals surface area contributed by atoms with Crippen molar-refractivity contribution in [3.63, 3.8) is 0 Å². The summed E-state index contributed by atoms with van der Waals surface area (Å²) in [5.74, 6) is 0.0865. The lowest BCUT2D eigenvalue weighted by Crippen LogP contribution is -2.44. The van der Waals surface area contributed by atoms with Crippen LogP contribution in [0.25, 0.3) is 0 Å². The van der Waals surface area contributed by atoms with E-state index in [1.165, 1.54) is 4.57 Å². The second-order valence-electron chi connectivity index (χ2n) is 8.12. The molecule has 1 atom stereocenters. The lowest BCUT2D eigenvalue weighted by Gasteiger charge is -2.28. The van der Waals surface area contributed by atoms with E-state index in [1.54, 1.807) is 4.90 Å². The number of hydrogen-bond donors (Lipinski definition) is 3. The Morgan fingerprint density at radius 1 is 1.16 bits per heavy atom. The standard InChI is InChI=1S/C23H35N5O3/c1-5-7-14-28-21(24)20(22(30)26-23(28)31)27(13-6-2)15-18(29)25-19(16(3)4)17-11-9-8-10-12-17/h8-12,16,19H,5-7,13-15,24H2,1-4H3,(H,25,29)(H,26,30,31). The van der Waals surface area contributed by atoms with Gasteiger partial charge >= 0.3 is 5.69 Å². The lowest BCUT2D eigenvalue weighted by atomic mass is 9.96. The number of nitrogens with one attached hydrogen (secondary N) is 2. The fourth-order valence-electron chi connectivity index (χ4n) is 3.65. The van der Waals surface area contributed by atoms with Crippen LogP contribution < -0.4 is 27.2 Å². The first-order valence-electron chi connectivity index (χ1n) is 11.0. The number of benzene rings is 1. The van der Waals surface area contributed by atoms with Gasteiger partial charge in [0.25, 0.3) is 5.56 Å². The number of rotatable bonds is 11. The SMILES string of the molecule is CCCCn1c(N)c(N(CCC)CC(=O)NC(c2ccccc2)C(C)C)c(=O)[nH]c1=O. The number of aromatic amines is 1. The average molecular weight is 430 g/mol. The van der Waals surface area contributed by atoms with E-state index in [0.29, 0.717) is 19.5 Å². The predicted molar refractivity (Wildman–Crippen MR) is 125 cm³/mol. The molecule has 0 saturated carbocycles. The number of carbonyl (C=O) groups excluding carboxylic acids is 1. The van der Waals surface area contributed by atoms with Crippen molar-refractivity contribution >= 4 is 17.4 Å². The molecule has 0 saturated heterocycles. The van der Waals surface area contributed by atoms with Crippen LogP contribution in [-0.4, -0.2) is 28.5 Å². The molecule has 1 aromatic heterocycles. The monoisotopic (exact) mass is 429 g/mol. The highest BCUT2D eigenvalue weighted by atomic mass is 16.2. The van der Waals surface area contributed by atoms with E-state index in [0.717, 1.165) is 18.4 Å². The number of nitrogens with zero attached hydrogens (tertiary/aromatic N) is 2. The van der Waals surface area contributed by atoms with Crippen LogP contribution >= 0.6 is 0 Å². The molecule has 0 spiro atoms. The summed E-state index contributed by atoms with van der Waals surface area (Å²) in [7, 11) is 0. The van der Waals surface area contributed by atoms with Crippen molar-refractivity contribution in [2.75, 3.05) is 23.7 Å². The topological polar surface area (TPSA) is 113 Å². The number of amides is 1. The molecule has 0 aliphatic rings. The number of H-pyrrole nitrogens is 1. The van der Waals surface area contributed by atoms with Gasteiger partial charge in [-0.25, -0.2) is 4.79 Å². The Bertz CT molecular complexity index is 965. The van der Waals surface area contributed by atoms with Crippen molar-refractivity contribution in [3.05, 3.63) is 56.7 Å². The van der Waals surface area contributed by atoms with Gasteiger partial charge in [-0.3, -0.25) is 19.1 Å². The Morgan fingerprint density at radius 3 is 2.42 bits per heavy atom. The summed E-state index contributed by atoms with van der Waals surface area (Å²) >= 11 is 0. The number of nitrogen functional groups attached to an aromatic ring is 1. The highest BCUT2D eigenvalue weighted by molar-refractivity contribution is 5.83. The molecule has 0 aliphatic carbocycles. The van der Waals surface area contributed by atoms with Crippen molar-refractivity contribution in [1.82, 2.24) is 14.9 Å². The lowest BCUT2D eigenvalue weighted by molar-refractivity contribution is -0.120. The quantitative estimate of drug-likeness (QED) is 0.508. The minimum atomic E-state index is -0.569. The highest BCUT2D eigenvalue weighted by Gasteiger charge is 2.23. The number of hydrogen-bond acceptors (Lipinski definition) is 5. The summed E-state index contributed by atoms with van der Waals surface area (Å²) in [5.41, 5.74) is 6.35. The van der Waals surface area contributed by atoms with Crippen molar-refractivity contribution in [1.29, 1.82) is 0 Å². The van der Waals surface area contributed by atoms with E-state index in [4.69, 9.17) is 5.73 Å². The fourth-order valence-corrected chi connectivity index (χ4v) is 3.65. The normalized spacial score (nSPS) is 12.0. The molecule has 170 valence electrons. The molecule has 1 unspecified atom stereocenters. The Labute approximate surface area is 183 Å². The number of carbonyl (C=O) groups is 1. The Balaban J connectivity index is 2.31. The van der Waals surface area contributed by atoms with Crippen LogP contribution in [0.3, 0.4) is 0 Å². The summed E-state index contributed by atoms with van der Waals surface area (Å²) < 4.78 is 1.38. The van der Waals surface area contributed by atoms with Gasteiger partial charge in [-0.1, -0.05) is 64.4 Å². The van der Waals surface area contributed by atoms with Gasteiger partial charge in [-0.05, 0) is 24.3 Å². The maximum absolute atomic E-state index is 13.0. The molecule has 4 N–H and O–H groups in total. The number of unbranched alkanes of at least 4 members (excludes halogenated alkanes) is 1. The van der Waals surface area contributed by atoms with Crippen molar-refractivity contribution in [2.24, 2.45) is 5.92 Å². The second kappa shape index (κ2) is 11.4. The molecule has 1 aromatic carbocycles. The first-order valence-corrected chi connectivity index (χ1v) is 11.0. The molecule has 8 heteroatoms. The molecular formula is C23H35N5O3. The molecule has 0 fully saturated rings. The first-order chi connectivity index (χ1) is 14.8. The third kappa shape index (κ3) is 6.23. The Morgan fingerprint density at radius 2 is 1.84 bits per heavy atom. The number of anilines is 2. The van der Waals surface area contributed by atoms with E-state index in [-0.39, 0.29) is 35.9 Å². The molecule has 2 rings (SSSR count). The maximum Gasteiger partial charge on any atom is 0.330 e. The first kappa shape index (κ1) is 24.2. The Hall–Kier alpha value is -3.03. The third-order valence-electron chi connectivity index (χ3n) is 5.24. The summed E-state index contributed by atoms with van der Waals surface area (Å²) in [6.07, 6.45) is 2.36. The molecular weight excluding hydrogens is 394 g/mol. The molecule has 31 heavy (non-hydrogen) atoms. The van der Waals surface area contributed by atoms with Crippen LogP contribution in [-0.2, 0) is 11.3 Å². The second-order valence-corrected chi connectivity index (χ2v) is 8.12. The van der Waals surface area contributed by atoms with E-state index in [1.807, 2.05) is 58.0 Å². The van der Waals surface area contributed by atoms with Crippen LogP contribution in [0.1, 0.15) is 58.6 Å². The van der Waals surface area contributed by atoms with Crippen molar-refractivity contribution in [3.8, 4) is 0 Å².